The molecule has 0 saturated heterocycles. The smallest absolute Gasteiger partial charge is 0.226 e. The molecule has 1 heterocycles. The van der Waals surface area contributed by atoms with Gasteiger partial charge in [0.05, 0.1) is 18.2 Å². The van der Waals surface area contributed by atoms with Crippen LogP contribution in [0, 0.1) is 6.92 Å². The highest BCUT2D eigenvalue weighted by molar-refractivity contribution is 6.36. The molecule has 2 aromatic rings. The third kappa shape index (κ3) is 4.20. The summed E-state index contributed by atoms with van der Waals surface area (Å²) in [6, 6.07) is 6.63. The Morgan fingerprint density at radius 2 is 2.10 bits per heavy atom. The van der Waals surface area contributed by atoms with Crippen LogP contribution in [-0.4, -0.2) is 22.7 Å². The number of amides is 1. The summed E-state index contributed by atoms with van der Waals surface area (Å²) in [6.45, 7) is 1.76. The lowest BCUT2D eigenvalue weighted by atomic mass is 10.1. The van der Waals surface area contributed by atoms with E-state index in [1.54, 1.807) is 31.2 Å². The normalized spacial score (nSPS) is 12.2. The zero-order valence-corrected chi connectivity index (χ0v) is 12.8. The molecule has 0 aliphatic rings. The monoisotopic (exact) mass is 328 g/mol. The number of rotatable bonds is 5. The first kappa shape index (κ1) is 15.8. The zero-order valence-electron chi connectivity index (χ0n) is 11.3. The minimum absolute atomic E-state index is 0.0130. The molecule has 1 amide bonds. The Bertz CT molecular complexity index is 623. The van der Waals surface area contributed by atoms with Crippen molar-refractivity contribution in [2.24, 2.45) is 0 Å². The molecule has 0 radical (unpaired) electrons. The van der Waals surface area contributed by atoms with Crippen molar-refractivity contribution >= 4 is 29.1 Å². The minimum Gasteiger partial charge on any atom is -0.386 e. The van der Waals surface area contributed by atoms with E-state index in [0.717, 1.165) is 0 Å². The Morgan fingerprint density at radius 3 is 2.67 bits per heavy atom. The van der Waals surface area contributed by atoms with Crippen molar-refractivity contribution in [2.75, 3.05) is 6.54 Å². The van der Waals surface area contributed by atoms with Crippen LogP contribution in [0.25, 0.3) is 0 Å². The van der Waals surface area contributed by atoms with Crippen LogP contribution >= 0.6 is 23.2 Å². The van der Waals surface area contributed by atoms with E-state index in [2.05, 4.69) is 10.5 Å². The Kier molecular flexibility index (Phi) is 5.22. The van der Waals surface area contributed by atoms with Gasteiger partial charge in [0.15, 0.2) is 0 Å². The maximum Gasteiger partial charge on any atom is 0.226 e. The fraction of sp³-hybridized carbons (Fsp3) is 0.286. The van der Waals surface area contributed by atoms with Gasteiger partial charge in [-0.2, -0.15) is 0 Å². The van der Waals surface area contributed by atoms with Crippen LogP contribution in [0.4, 0.5) is 0 Å². The Morgan fingerprint density at radius 1 is 1.43 bits per heavy atom. The number of halogens is 2. The number of carbonyl (C=O) groups is 1. The molecular weight excluding hydrogens is 315 g/mol. The van der Waals surface area contributed by atoms with Gasteiger partial charge < -0.3 is 14.9 Å². The average molecular weight is 329 g/mol. The van der Waals surface area contributed by atoms with Crippen LogP contribution in [0.15, 0.2) is 28.8 Å². The number of aryl methyl sites for hydroxylation is 1. The summed E-state index contributed by atoms with van der Waals surface area (Å²) in [4.78, 5) is 11.8. The number of aliphatic hydroxyl groups excluding tert-OH is 1. The van der Waals surface area contributed by atoms with Gasteiger partial charge in [0.2, 0.25) is 5.91 Å². The molecule has 0 bridgehead atoms. The van der Waals surface area contributed by atoms with Crippen molar-refractivity contribution in [1.82, 2.24) is 10.5 Å². The van der Waals surface area contributed by atoms with E-state index in [9.17, 15) is 9.90 Å². The Labute approximate surface area is 131 Å². The van der Waals surface area contributed by atoms with E-state index in [1.807, 2.05) is 0 Å². The van der Waals surface area contributed by atoms with Crippen molar-refractivity contribution in [3.8, 4) is 0 Å². The molecule has 0 aliphatic carbocycles. The Hall–Kier alpha value is -1.56. The maximum absolute atomic E-state index is 11.8. The minimum atomic E-state index is -0.978. The second-order valence-corrected chi connectivity index (χ2v) is 5.38. The van der Waals surface area contributed by atoms with Gasteiger partial charge >= 0.3 is 0 Å². The van der Waals surface area contributed by atoms with Crippen LogP contribution in [0.5, 0.6) is 0 Å². The molecule has 2 N–H and O–H groups in total. The second-order valence-electron chi connectivity index (χ2n) is 4.56. The topological polar surface area (TPSA) is 75.4 Å². The summed E-state index contributed by atoms with van der Waals surface area (Å²) in [6.07, 6.45) is -0.894. The third-order valence-electron chi connectivity index (χ3n) is 2.84. The van der Waals surface area contributed by atoms with Gasteiger partial charge in [-0.15, -0.1) is 0 Å². The molecule has 0 aliphatic heterocycles. The number of nitrogens with zero attached hydrogens (tertiary/aromatic N) is 1. The molecule has 1 atom stereocenters. The van der Waals surface area contributed by atoms with Crippen LogP contribution in [0.3, 0.4) is 0 Å². The highest BCUT2D eigenvalue weighted by Crippen LogP contribution is 2.29. The first-order valence-corrected chi connectivity index (χ1v) is 7.04. The van der Waals surface area contributed by atoms with Crippen LogP contribution < -0.4 is 5.32 Å². The third-order valence-corrected chi connectivity index (χ3v) is 3.50. The van der Waals surface area contributed by atoms with E-state index in [-0.39, 0.29) is 18.9 Å². The van der Waals surface area contributed by atoms with E-state index in [1.165, 1.54) is 0 Å². The number of aromatic nitrogens is 1. The number of hydrogen-bond donors (Lipinski definition) is 2. The van der Waals surface area contributed by atoms with Crippen molar-refractivity contribution in [3.63, 3.8) is 0 Å². The first-order valence-electron chi connectivity index (χ1n) is 6.28. The summed E-state index contributed by atoms with van der Waals surface area (Å²) in [5.74, 6) is 0.367. The lowest BCUT2D eigenvalue weighted by molar-refractivity contribution is -0.121. The predicted octanol–water partition coefficient (Wildman–Crippen LogP) is 2.68. The number of carbonyl (C=O) groups excluding carboxylic acids is 1. The highest BCUT2D eigenvalue weighted by Gasteiger charge is 2.16. The van der Waals surface area contributed by atoms with E-state index < -0.39 is 6.10 Å². The lowest BCUT2D eigenvalue weighted by Gasteiger charge is -2.15. The van der Waals surface area contributed by atoms with Crippen molar-refractivity contribution in [1.29, 1.82) is 0 Å². The molecule has 1 unspecified atom stereocenters. The molecule has 0 saturated carbocycles. The molecule has 0 spiro atoms. The van der Waals surface area contributed by atoms with Crippen LogP contribution in [-0.2, 0) is 11.2 Å². The lowest BCUT2D eigenvalue weighted by Crippen LogP contribution is -2.30. The van der Waals surface area contributed by atoms with E-state index in [4.69, 9.17) is 27.7 Å². The summed E-state index contributed by atoms with van der Waals surface area (Å²) >= 11 is 12.0. The number of hydrogen-bond acceptors (Lipinski definition) is 4. The second kappa shape index (κ2) is 6.93. The SMILES string of the molecule is Cc1cc(CC(=O)NCC(O)c2c(Cl)cccc2Cl)no1. The van der Waals surface area contributed by atoms with Gasteiger partial charge in [-0.3, -0.25) is 4.79 Å². The van der Waals surface area contributed by atoms with Crippen LogP contribution in [0.2, 0.25) is 10.0 Å². The summed E-state index contributed by atoms with van der Waals surface area (Å²) < 4.78 is 4.88. The number of benzene rings is 1. The van der Waals surface area contributed by atoms with Gasteiger partial charge in [0, 0.05) is 28.2 Å². The number of aliphatic hydroxyl groups is 1. The quantitative estimate of drug-likeness (QED) is 0.884. The number of nitrogens with one attached hydrogen (secondary N) is 1. The van der Waals surface area contributed by atoms with Gasteiger partial charge in [-0.05, 0) is 19.1 Å². The molecule has 0 fully saturated rings. The maximum atomic E-state index is 11.8. The summed E-state index contributed by atoms with van der Waals surface area (Å²) in [5.41, 5.74) is 0.939. The van der Waals surface area contributed by atoms with Gasteiger partial charge in [0.1, 0.15) is 5.76 Å². The summed E-state index contributed by atoms with van der Waals surface area (Å²) in [5, 5.41) is 17.1. The van der Waals surface area contributed by atoms with Gasteiger partial charge in [0.25, 0.3) is 0 Å². The van der Waals surface area contributed by atoms with Gasteiger partial charge in [-0.1, -0.05) is 34.4 Å². The van der Waals surface area contributed by atoms with Crippen molar-refractivity contribution in [3.05, 3.63) is 51.3 Å². The first-order chi connectivity index (χ1) is 9.97. The molecule has 2 rings (SSSR count). The van der Waals surface area contributed by atoms with Gasteiger partial charge in [-0.25, -0.2) is 0 Å². The standard InChI is InChI=1S/C14H14Cl2N2O3/c1-8-5-9(18-21-8)6-13(20)17-7-12(19)14-10(15)3-2-4-11(14)16/h2-5,12,19H,6-7H2,1H3,(H,17,20). The fourth-order valence-corrected chi connectivity index (χ4v) is 2.52. The molecule has 1 aromatic heterocycles. The molecule has 5 nitrogen and oxygen atoms in total. The highest BCUT2D eigenvalue weighted by atomic mass is 35.5. The summed E-state index contributed by atoms with van der Waals surface area (Å²) in [7, 11) is 0. The largest absolute Gasteiger partial charge is 0.386 e. The molecule has 21 heavy (non-hydrogen) atoms. The Balaban J connectivity index is 1.91. The zero-order chi connectivity index (χ0) is 15.4. The van der Waals surface area contributed by atoms with E-state index >= 15 is 0 Å². The molecule has 1 aromatic carbocycles. The van der Waals surface area contributed by atoms with Crippen molar-refractivity contribution < 1.29 is 14.4 Å². The fourth-order valence-electron chi connectivity index (χ4n) is 1.87. The van der Waals surface area contributed by atoms with Crippen LogP contribution in [0.1, 0.15) is 23.1 Å². The molecule has 7 heteroatoms. The average Bonchev–Trinajstić information content (AvgIpc) is 2.81. The molecular formula is C14H14Cl2N2O3. The van der Waals surface area contributed by atoms with E-state index in [0.29, 0.717) is 27.1 Å². The predicted molar refractivity (Wildman–Crippen MR) is 79.4 cm³/mol. The molecule has 112 valence electrons. The van der Waals surface area contributed by atoms with Crippen molar-refractivity contribution in [2.45, 2.75) is 19.4 Å².